The van der Waals surface area contributed by atoms with Gasteiger partial charge in [-0.2, -0.15) is 0 Å². The minimum atomic E-state index is -3.92. The smallest absolute Gasteiger partial charge is 0.338 e. The van der Waals surface area contributed by atoms with Gasteiger partial charge >= 0.3 is 5.97 Å². The average molecular weight is 392 g/mol. The molecule has 0 aromatic heterocycles. The predicted molar refractivity (Wildman–Crippen MR) is 100 cm³/mol. The molecule has 0 aliphatic heterocycles. The van der Waals surface area contributed by atoms with Crippen molar-refractivity contribution in [3.8, 4) is 0 Å². The van der Waals surface area contributed by atoms with Crippen molar-refractivity contribution in [3.05, 3.63) is 63.7 Å². The third-order valence-electron chi connectivity index (χ3n) is 3.90. The number of rotatable bonds is 7. The summed E-state index contributed by atoms with van der Waals surface area (Å²) in [6, 6.07) is 9.34. The highest BCUT2D eigenvalue weighted by atomic mass is 32.2. The van der Waals surface area contributed by atoms with Gasteiger partial charge in [-0.3, -0.25) is 14.4 Å². The molecule has 2 aromatic carbocycles. The third kappa shape index (κ3) is 4.25. The summed E-state index contributed by atoms with van der Waals surface area (Å²) in [4.78, 5) is 22.0. The standard InChI is InChI=1S/C18H20N2O6S/c1-4-19(17-11-6-14(12-13(17)3)18(21)26-5-2)27(24,25)16-9-7-15(8-10-16)20(22)23/h6-12H,4-5H2,1-3H3. The van der Waals surface area contributed by atoms with Gasteiger partial charge in [0.2, 0.25) is 0 Å². The summed E-state index contributed by atoms with van der Waals surface area (Å²) in [5, 5.41) is 10.8. The van der Waals surface area contributed by atoms with Gasteiger partial charge in [-0.1, -0.05) is 0 Å². The van der Waals surface area contributed by atoms with Crippen molar-refractivity contribution in [2.24, 2.45) is 0 Å². The number of non-ortho nitro benzene ring substituents is 1. The van der Waals surface area contributed by atoms with Gasteiger partial charge in [0.1, 0.15) is 0 Å². The minimum Gasteiger partial charge on any atom is -0.462 e. The molecule has 0 heterocycles. The van der Waals surface area contributed by atoms with E-state index in [2.05, 4.69) is 0 Å². The maximum absolute atomic E-state index is 13.0. The molecule has 9 heteroatoms. The molecule has 0 N–H and O–H groups in total. The molecular weight excluding hydrogens is 372 g/mol. The van der Waals surface area contributed by atoms with Crippen LogP contribution in [0, 0.1) is 17.0 Å². The Bertz CT molecular complexity index is 954. The van der Waals surface area contributed by atoms with Gasteiger partial charge < -0.3 is 4.74 Å². The number of nitro groups is 1. The van der Waals surface area contributed by atoms with Crippen molar-refractivity contribution in [3.63, 3.8) is 0 Å². The van der Waals surface area contributed by atoms with E-state index >= 15 is 0 Å². The Morgan fingerprint density at radius 1 is 1.15 bits per heavy atom. The van der Waals surface area contributed by atoms with Crippen molar-refractivity contribution < 1.29 is 22.9 Å². The molecule has 0 bridgehead atoms. The van der Waals surface area contributed by atoms with Crippen LogP contribution in [0.3, 0.4) is 0 Å². The first-order chi connectivity index (χ1) is 12.7. The second-order valence-electron chi connectivity index (χ2n) is 5.64. The summed E-state index contributed by atoms with van der Waals surface area (Å²) in [5.74, 6) is -0.478. The van der Waals surface area contributed by atoms with Crippen LogP contribution in [0.2, 0.25) is 0 Å². The lowest BCUT2D eigenvalue weighted by Crippen LogP contribution is -2.31. The van der Waals surface area contributed by atoms with Crippen molar-refractivity contribution in [2.75, 3.05) is 17.5 Å². The van der Waals surface area contributed by atoms with E-state index in [1.54, 1.807) is 32.9 Å². The summed E-state index contributed by atoms with van der Waals surface area (Å²) in [7, 11) is -3.92. The summed E-state index contributed by atoms with van der Waals surface area (Å²) in [6.07, 6.45) is 0. The number of aryl methyl sites for hydroxylation is 1. The molecule has 0 saturated carbocycles. The Hall–Kier alpha value is -2.94. The second kappa shape index (κ2) is 8.17. The number of sulfonamides is 1. The van der Waals surface area contributed by atoms with Crippen molar-refractivity contribution in [2.45, 2.75) is 25.7 Å². The summed E-state index contributed by atoms with van der Waals surface area (Å²) >= 11 is 0. The van der Waals surface area contributed by atoms with Gasteiger partial charge in [-0.15, -0.1) is 0 Å². The molecule has 0 radical (unpaired) electrons. The molecule has 0 aliphatic rings. The highest BCUT2D eigenvalue weighted by molar-refractivity contribution is 7.92. The molecule has 0 amide bonds. The largest absolute Gasteiger partial charge is 0.462 e. The lowest BCUT2D eigenvalue weighted by molar-refractivity contribution is -0.384. The van der Waals surface area contributed by atoms with E-state index in [1.807, 2.05) is 0 Å². The fourth-order valence-electron chi connectivity index (χ4n) is 2.61. The van der Waals surface area contributed by atoms with Gasteiger partial charge in [0.05, 0.1) is 27.7 Å². The zero-order chi connectivity index (χ0) is 20.2. The zero-order valence-corrected chi connectivity index (χ0v) is 16.0. The molecule has 2 rings (SSSR count). The van der Waals surface area contributed by atoms with Crippen LogP contribution in [0.15, 0.2) is 47.4 Å². The van der Waals surface area contributed by atoms with Gasteiger partial charge in [0.15, 0.2) is 0 Å². The molecule has 27 heavy (non-hydrogen) atoms. The highest BCUT2D eigenvalue weighted by Crippen LogP contribution is 2.28. The normalized spacial score (nSPS) is 11.1. The molecular formula is C18H20N2O6S. The van der Waals surface area contributed by atoms with Gasteiger partial charge in [0.25, 0.3) is 15.7 Å². The van der Waals surface area contributed by atoms with E-state index < -0.39 is 20.9 Å². The number of benzene rings is 2. The van der Waals surface area contributed by atoms with Crippen LogP contribution in [-0.2, 0) is 14.8 Å². The zero-order valence-electron chi connectivity index (χ0n) is 15.2. The van der Waals surface area contributed by atoms with Crippen LogP contribution in [0.4, 0.5) is 11.4 Å². The Morgan fingerprint density at radius 3 is 2.26 bits per heavy atom. The SMILES string of the molecule is CCOC(=O)c1ccc(N(CC)S(=O)(=O)c2ccc([N+](=O)[O-])cc2)c(C)c1. The van der Waals surface area contributed by atoms with E-state index in [4.69, 9.17) is 4.74 Å². The number of carbonyl (C=O) groups excluding carboxylic acids is 1. The Morgan fingerprint density at radius 2 is 1.78 bits per heavy atom. The Kier molecular flexibility index (Phi) is 6.17. The van der Waals surface area contributed by atoms with E-state index in [-0.39, 0.29) is 23.7 Å². The molecule has 0 saturated heterocycles. The fraction of sp³-hybridized carbons (Fsp3) is 0.278. The lowest BCUT2D eigenvalue weighted by atomic mass is 10.1. The van der Waals surface area contributed by atoms with Crippen molar-refractivity contribution >= 4 is 27.4 Å². The maximum Gasteiger partial charge on any atom is 0.338 e. The second-order valence-corrected chi connectivity index (χ2v) is 7.50. The van der Waals surface area contributed by atoms with Crippen LogP contribution >= 0.6 is 0 Å². The van der Waals surface area contributed by atoms with Gasteiger partial charge in [0, 0.05) is 18.7 Å². The predicted octanol–water partition coefficient (Wildman–Crippen LogP) is 3.30. The molecule has 0 aliphatic carbocycles. The third-order valence-corrected chi connectivity index (χ3v) is 5.80. The number of carbonyl (C=O) groups is 1. The lowest BCUT2D eigenvalue weighted by Gasteiger charge is -2.25. The first kappa shape index (κ1) is 20.4. The van der Waals surface area contributed by atoms with Crippen LogP contribution < -0.4 is 4.31 Å². The van der Waals surface area contributed by atoms with E-state index in [1.165, 1.54) is 22.5 Å². The number of hydrogen-bond acceptors (Lipinski definition) is 6. The molecule has 0 unspecified atom stereocenters. The molecule has 2 aromatic rings. The number of anilines is 1. The van der Waals surface area contributed by atoms with E-state index in [9.17, 15) is 23.3 Å². The van der Waals surface area contributed by atoms with Crippen LogP contribution in [0.25, 0.3) is 0 Å². The molecule has 0 atom stereocenters. The quantitative estimate of drug-likeness (QED) is 0.406. The van der Waals surface area contributed by atoms with Crippen molar-refractivity contribution in [1.82, 2.24) is 0 Å². The molecule has 144 valence electrons. The number of ether oxygens (including phenoxy) is 1. The summed E-state index contributed by atoms with van der Waals surface area (Å²) < 4.78 is 32.1. The highest BCUT2D eigenvalue weighted by Gasteiger charge is 2.26. The average Bonchev–Trinajstić information content (AvgIpc) is 2.63. The van der Waals surface area contributed by atoms with Crippen LogP contribution in [0.1, 0.15) is 29.8 Å². The Balaban J connectivity index is 2.42. The summed E-state index contributed by atoms with van der Waals surface area (Å²) in [5.41, 5.74) is 1.16. The number of nitrogens with zero attached hydrogens (tertiary/aromatic N) is 2. The van der Waals surface area contributed by atoms with E-state index in [0.717, 1.165) is 12.1 Å². The fourth-order valence-corrected chi connectivity index (χ4v) is 4.15. The Labute approximate surface area is 157 Å². The maximum atomic E-state index is 13.0. The number of esters is 1. The van der Waals surface area contributed by atoms with E-state index in [0.29, 0.717) is 16.8 Å². The van der Waals surface area contributed by atoms with Crippen LogP contribution in [-0.4, -0.2) is 32.5 Å². The topological polar surface area (TPSA) is 107 Å². The van der Waals surface area contributed by atoms with Gasteiger partial charge in [-0.05, 0) is 56.7 Å². The first-order valence-corrected chi connectivity index (χ1v) is 9.71. The van der Waals surface area contributed by atoms with Gasteiger partial charge in [-0.25, -0.2) is 13.2 Å². The van der Waals surface area contributed by atoms with Crippen LogP contribution in [0.5, 0.6) is 0 Å². The minimum absolute atomic E-state index is 0.0520. The van der Waals surface area contributed by atoms with Crippen molar-refractivity contribution in [1.29, 1.82) is 0 Å². The number of nitro benzene ring substituents is 1. The molecule has 0 spiro atoms. The monoisotopic (exact) mass is 392 g/mol. The summed E-state index contributed by atoms with van der Waals surface area (Å²) in [6.45, 7) is 5.48. The molecule has 8 nitrogen and oxygen atoms in total. The molecule has 0 fully saturated rings. The number of hydrogen-bond donors (Lipinski definition) is 0. The first-order valence-electron chi connectivity index (χ1n) is 8.27.